The van der Waals surface area contributed by atoms with Crippen LogP contribution in [0.2, 0.25) is 0 Å². The van der Waals surface area contributed by atoms with Gasteiger partial charge in [-0.1, -0.05) is 0 Å². The number of carbonyl (C=O) groups is 3. The smallest absolute Gasteiger partial charge is 0.327 e. The van der Waals surface area contributed by atoms with Crippen molar-refractivity contribution in [2.24, 2.45) is 0 Å². The van der Waals surface area contributed by atoms with Crippen LogP contribution in [-0.2, 0) is 9.59 Å². The van der Waals surface area contributed by atoms with Gasteiger partial charge >= 0.3 is 6.03 Å². The SMILES string of the molecule is CN1CC(=O)N(CC(=O)NC2CCC(O)CC2)C1=O. The summed E-state index contributed by atoms with van der Waals surface area (Å²) in [6, 6.07) is -0.402. The summed E-state index contributed by atoms with van der Waals surface area (Å²) in [4.78, 5) is 37.2. The molecule has 1 aliphatic heterocycles. The Morgan fingerprint density at radius 3 is 2.47 bits per heavy atom. The number of nitrogens with one attached hydrogen (secondary N) is 1. The molecule has 2 N–H and O–H groups in total. The first kappa shape index (κ1) is 13.8. The highest BCUT2D eigenvalue weighted by Gasteiger charge is 2.35. The first-order valence-electron chi connectivity index (χ1n) is 6.50. The number of amides is 4. The molecule has 106 valence electrons. The molecule has 7 heteroatoms. The van der Waals surface area contributed by atoms with Gasteiger partial charge in [-0.3, -0.25) is 14.5 Å². The van der Waals surface area contributed by atoms with Gasteiger partial charge in [-0.05, 0) is 25.7 Å². The number of nitrogens with zero attached hydrogens (tertiary/aromatic N) is 2. The maximum absolute atomic E-state index is 11.8. The van der Waals surface area contributed by atoms with Crippen molar-refractivity contribution in [2.45, 2.75) is 37.8 Å². The Balaban J connectivity index is 1.81. The summed E-state index contributed by atoms with van der Waals surface area (Å²) < 4.78 is 0. The van der Waals surface area contributed by atoms with E-state index in [-0.39, 0.29) is 37.0 Å². The third-order valence-electron chi connectivity index (χ3n) is 3.59. The van der Waals surface area contributed by atoms with Crippen molar-refractivity contribution in [2.75, 3.05) is 20.1 Å². The number of rotatable bonds is 3. The van der Waals surface area contributed by atoms with Crippen LogP contribution in [0.15, 0.2) is 0 Å². The van der Waals surface area contributed by atoms with Gasteiger partial charge in [0.25, 0.3) is 5.91 Å². The number of likely N-dealkylation sites (N-methyl/N-ethyl adjacent to an activating group) is 1. The minimum atomic E-state index is -0.431. The molecule has 2 aliphatic rings. The third kappa shape index (κ3) is 3.23. The van der Waals surface area contributed by atoms with Crippen LogP contribution in [0.4, 0.5) is 4.79 Å². The van der Waals surface area contributed by atoms with Crippen LogP contribution < -0.4 is 5.32 Å². The zero-order chi connectivity index (χ0) is 14.0. The van der Waals surface area contributed by atoms with E-state index in [1.807, 2.05) is 0 Å². The highest BCUT2D eigenvalue weighted by atomic mass is 16.3. The number of hydrogen-bond donors (Lipinski definition) is 2. The maximum atomic E-state index is 11.8. The van der Waals surface area contributed by atoms with Gasteiger partial charge in [0.2, 0.25) is 5.91 Å². The van der Waals surface area contributed by atoms with Crippen molar-refractivity contribution in [3.63, 3.8) is 0 Å². The van der Waals surface area contributed by atoms with Gasteiger partial charge in [-0.25, -0.2) is 4.79 Å². The molecule has 0 unspecified atom stereocenters. The van der Waals surface area contributed by atoms with E-state index in [2.05, 4.69) is 5.32 Å². The summed E-state index contributed by atoms with van der Waals surface area (Å²) in [5.74, 6) is -0.667. The topological polar surface area (TPSA) is 90.0 Å². The fourth-order valence-electron chi connectivity index (χ4n) is 2.46. The summed E-state index contributed by atoms with van der Waals surface area (Å²) in [7, 11) is 1.53. The number of imide groups is 1. The van der Waals surface area contributed by atoms with Gasteiger partial charge in [0.1, 0.15) is 13.1 Å². The molecule has 1 saturated heterocycles. The fourth-order valence-corrected chi connectivity index (χ4v) is 2.46. The van der Waals surface area contributed by atoms with Crippen molar-refractivity contribution < 1.29 is 19.5 Å². The summed E-state index contributed by atoms with van der Waals surface area (Å²) >= 11 is 0. The largest absolute Gasteiger partial charge is 0.393 e. The molecule has 7 nitrogen and oxygen atoms in total. The molecule has 1 aliphatic carbocycles. The molecule has 0 aromatic rings. The van der Waals surface area contributed by atoms with Gasteiger partial charge in [0, 0.05) is 13.1 Å². The van der Waals surface area contributed by atoms with Crippen molar-refractivity contribution in [1.29, 1.82) is 0 Å². The molecule has 0 aromatic heterocycles. The lowest BCUT2D eigenvalue weighted by atomic mass is 9.93. The average molecular weight is 269 g/mol. The minimum absolute atomic E-state index is 0.0291. The molecule has 1 heterocycles. The first-order chi connectivity index (χ1) is 8.97. The molecule has 0 aromatic carbocycles. The van der Waals surface area contributed by atoms with Gasteiger partial charge in [-0.2, -0.15) is 0 Å². The van der Waals surface area contributed by atoms with E-state index < -0.39 is 6.03 Å². The van der Waals surface area contributed by atoms with Crippen LogP contribution in [0.3, 0.4) is 0 Å². The summed E-state index contributed by atoms with van der Waals surface area (Å²) in [6.45, 7) is -0.192. The molecule has 1 saturated carbocycles. The first-order valence-corrected chi connectivity index (χ1v) is 6.50. The van der Waals surface area contributed by atoms with Crippen LogP contribution in [0.5, 0.6) is 0 Å². The van der Waals surface area contributed by atoms with E-state index in [1.54, 1.807) is 0 Å². The van der Waals surface area contributed by atoms with Crippen molar-refractivity contribution >= 4 is 17.8 Å². The molecule has 0 spiro atoms. The Labute approximate surface area is 111 Å². The fraction of sp³-hybridized carbons (Fsp3) is 0.750. The lowest BCUT2D eigenvalue weighted by molar-refractivity contribution is -0.131. The lowest BCUT2D eigenvalue weighted by Gasteiger charge is -2.26. The number of urea groups is 1. The second-order valence-corrected chi connectivity index (χ2v) is 5.19. The molecule has 19 heavy (non-hydrogen) atoms. The zero-order valence-corrected chi connectivity index (χ0v) is 11.0. The van der Waals surface area contributed by atoms with Crippen LogP contribution in [-0.4, -0.2) is 65.0 Å². The van der Waals surface area contributed by atoms with E-state index in [0.717, 1.165) is 17.7 Å². The van der Waals surface area contributed by atoms with E-state index in [0.29, 0.717) is 12.8 Å². The molecule has 4 amide bonds. The second kappa shape index (κ2) is 5.56. The molecule has 0 bridgehead atoms. The summed E-state index contributed by atoms with van der Waals surface area (Å²) in [5, 5.41) is 12.2. The second-order valence-electron chi connectivity index (χ2n) is 5.19. The maximum Gasteiger partial charge on any atom is 0.327 e. The molecular weight excluding hydrogens is 250 g/mol. The summed E-state index contributed by atoms with van der Waals surface area (Å²) in [6.07, 6.45) is 2.54. The van der Waals surface area contributed by atoms with E-state index in [9.17, 15) is 19.5 Å². The predicted octanol–water partition coefficient (Wildman–Crippen LogP) is -0.700. The number of aliphatic hydroxyl groups is 1. The van der Waals surface area contributed by atoms with Gasteiger partial charge in [0.05, 0.1) is 6.10 Å². The average Bonchev–Trinajstić information content (AvgIpc) is 2.59. The van der Waals surface area contributed by atoms with Crippen LogP contribution in [0.1, 0.15) is 25.7 Å². The van der Waals surface area contributed by atoms with Crippen molar-refractivity contribution in [3.8, 4) is 0 Å². The molecule has 2 fully saturated rings. The molecule has 2 rings (SSSR count). The number of carbonyl (C=O) groups excluding carboxylic acids is 3. The van der Waals surface area contributed by atoms with Gasteiger partial charge in [0.15, 0.2) is 0 Å². The Bertz CT molecular complexity index is 390. The quantitative estimate of drug-likeness (QED) is 0.663. The Hall–Kier alpha value is -1.63. The monoisotopic (exact) mass is 269 g/mol. The highest BCUT2D eigenvalue weighted by molar-refractivity contribution is 6.04. The predicted molar refractivity (Wildman–Crippen MR) is 66.1 cm³/mol. The minimum Gasteiger partial charge on any atom is -0.393 e. The van der Waals surface area contributed by atoms with Gasteiger partial charge < -0.3 is 15.3 Å². The molecule has 0 atom stereocenters. The Morgan fingerprint density at radius 2 is 1.95 bits per heavy atom. The van der Waals surface area contributed by atoms with Crippen LogP contribution in [0.25, 0.3) is 0 Å². The Kier molecular flexibility index (Phi) is 4.04. The van der Waals surface area contributed by atoms with Crippen molar-refractivity contribution in [3.05, 3.63) is 0 Å². The number of hydrogen-bond acceptors (Lipinski definition) is 4. The van der Waals surface area contributed by atoms with Crippen LogP contribution in [0, 0.1) is 0 Å². The van der Waals surface area contributed by atoms with E-state index >= 15 is 0 Å². The van der Waals surface area contributed by atoms with Crippen LogP contribution >= 0.6 is 0 Å². The molecule has 0 radical (unpaired) electrons. The number of aliphatic hydroxyl groups excluding tert-OH is 1. The van der Waals surface area contributed by atoms with E-state index in [4.69, 9.17) is 0 Å². The molecular formula is C12H19N3O4. The lowest BCUT2D eigenvalue weighted by Crippen LogP contribution is -2.45. The normalized spacial score (nSPS) is 27.9. The highest BCUT2D eigenvalue weighted by Crippen LogP contribution is 2.18. The zero-order valence-electron chi connectivity index (χ0n) is 11.0. The Morgan fingerprint density at radius 1 is 1.32 bits per heavy atom. The van der Waals surface area contributed by atoms with Gasteiger partial charge in [-0.15, -0.1) is 0 Å². The van der Waals surface area contributed by atoms with Crippen molar-refractivity contribution in [1.82, 2.24) is 15.1 Å². The third-order valence-corrected chi connectivity index (χ3v) is 3.59. The standard InChI is InChI=1S/C12H19N3O4/c1-14-7-11(18)15(12(14)19)6-10(17)13-8-2-4-9(16)5-3-8/h8-9,16H,2-7H2,1H3,(H,13,17). The van der Waals surface area contributed by atoms with E-state index in [1.165, 1.54) is 11.9 Å². The summed E-state index contributed by atoms with van der Waals surface area (Å²) in [5.41, 5.74) is 0.